The Hall–Kier alpha value is -2.23. The van der Waals surface area contributed by atoms with E-state index in [2.05, 4.69) is 0 Å². The molecule has 0 spiro atoms. The van der Waals surface area contributed by atoms with Crippen LogP contribution in [-0.2, 0) is 0 Å². The predicted molar refractivity (Wildman–Crippen MR) is 66.1 cm³/mol. The molecular weight excluding hydrogens is 236 g/mol. The normalized spacial score (nSPS) is 10.0. The first-order valence-corrected chi connectivity index (χ1v) is 5.11. The maximum absolute atomic E-state index is 8.55. The molecular formula is C13H9ClN2O. The van der Waals surface area contributed by atoms with Gasteiger partial charge in [-0.15, -0.1) is 0 Å². The summed E-state index contributed by atoms with van der Waals surface area (Å²) in [4.78, 5) is 0. The second-order valence-electron chi connectivity index (χ2n) is 3.05. The summed E-state index contributed by atoms with van der Waals surface area (Å²) >= 11 is 6.02. The zero-order valence-corrected chi connectivity index (χ0v) is 9.90. The lowest BCUT2D eigenvalue weighted by atomic mass is 10.2. The van der Waals surface area contributed by atoms with E-state index in [1.165, 1.54) is 12.2 Å². The van der Waals surface area contributed by atoms with E-state index in [0.717, 1.165) is 11.3 Å². The lowest BCUT2D eigenvalue weighted by Crippen LogP contribution is -1.82. The van der Waals surface area contributed by atoms with Gasteiger partial charge in [-0.1, -0.05) is 11.6 Å². The number of nitriles is 2. The smallest absolute Gasteiger partial charge is 0.129 e. The molecule has 3 nitrogen and oxygen atoms in total. The van der Waals surface area contributed by atoms with Gasteiger partial charge in [0.25, 0.3) is 0 Å². The van der Waals surface area contributed by atoms with E-state index >= 15 is 0 Å². The van der Waals surface area contributed by atoms with Crippen molar-refractivity contribution in [2.75, 3.05) is 7.11 Å². The maximum atomic E-state index is 8.55. The summed E-state index contributed by atoms with van der Waals surface area (Å²) in [5.41, 5.74) is 0.801. The Kier molecular flexibility index (Phi) is 4.81. The molecule has 0 aliphatic rings. The molecule has 0 aromatic heterocycles. The molecule has 0 aliphatic heterocycles. The number of nitrogens with zero attached hydrogens (tertiary/aromatic N) is 2. The fourth-order valence-corrected chi connectivity index (χ4v) is 1.29. The predicted octanol–water partition coefficient (Wildman–Crippen LogP) is 3.25. The van der Waals surface area contributed by atoms with Crippen molar-refractivity contribution in [3.05, 3.63) is 47.6 Å². The van der Waals surface area contributed by atoms with Crippen LogP contribution in [0.3, 0.4) is 0 Å². The van der Waals surface area contributed by atoms with Gasteiger partial charge in [-0.05, 0) is 42.0 Å². The number of ether oxygens (including phenoxy) is 1. The average molecular weight is 245 g/mol. The lowest BCUT2D eigenvalue weighted by Gasteiger charge is -2.01. The van der Waals surface area contributed by atoms with E-state index in [9.17, 15) is 0 Å². The number of hydrogen-bond donors (Lipinski definition) is 0. The Balaban J connectivity index is 2.93. The van der Waals surface area contributed by atoms with Crippen LogP contribution in [0.4, 0.5) is 0 Å². The summed E-state index contributed by atoms with van der Waals surface area (Å²) in [5, 5.41) is 17.6. The number of halogens is 1. The third-order valence-corrected chi connectivity index (χ3v) is 2.35. The SMILES string of the molecule is COc1ccc(/C(Cl)=C\C=C(C#N)C#N)cc1. The van der Waals surface area contributed by atoms with E-state index in [-0.39, 0.29) is 5.57 Å². The number of allylic oxidation sites excluding steroid dienone is 3. The van der Waals surface area contributed by atoms with Gasteiger partial charge in [0.1, 0.15) is 23.5 Å². The molecule has 1 aromatic carbocycles. The third-order valence-electron chi connectivity index (χ3n) is 2.00. The van der Waals surface area contributed by atoms with E-state index in [1.54, 1.807) is 43.5 Å². The van der Waals surface area contributed by atoms with E-state index in [1.807, 2.05) is 0 Å². The van der Waals surface area contributed by atoms with Gasteiger partial charge in [0.2, 0.25) is 0 Å². The first-order valence-electron chi connectivity index (χ1n) is 4.73. The van der Waals surface area contributed by atoms with Gasteiger partial charge < -0.3 is 4.74 Å². The Labute approximate surface area is 105 Å². The highest BCUT2D eigenvalue weighted by molar-refractivity contribution is 6.48. The van der Waals surface area contributed by atoms with Gasteiger partial charge in [-0.25, -0.2) is 0 Å². The van der Waals surface area contributed by atoms with Crippen LogP contribution in [-0.4, -0.2) is 7.11 Å². The topological polar surface area (TPSA) is 56.8 Å². The maximum Gasteiger partial charge on any atom is 0.129 e. The van der Waals surface area contributed by atoms with Crippen molar-refractivity contribution in [2.45, 2.75) is 0 Å². The average Bonchev–Trinajstić information content (AvgIpc) is 2.39. The summed E-state index contributed by atoms with van der Waals surface area (Å²) in [6.07, 6.45) is 2.90. The third kappa shape index (κ3) is 3.68. The molecule has 0 atom stereocenters. The Morgan fingerprint density at radius 2 is 1.76 bits per heavy atom. The molecule has 0 saturated carbocycles. The highest BCUT2D eigenvalue weighted by Gasteiger charge is 1.98. The van der Waals surface area contributed by atoms with Crippen molar-refractivity contribution in [1.82, 2.24) is 0 Å². The zero-order chi connectivity index (χ0) is 12.7. The minimum absolute atomic E-state index is 0.0108. The van der Waals surface area contributed by atoms with Crippen LogP contribution in [0, 0.1) is 22.7 Å². The van der Waals surface area contributed by atoms with Crippen molar-refractivity contribution in [2.24, 2.45) is 0 Å². The Bertz CT molecular complexity index is 514. The summed E-state index contributed by atoms with van der Waals surface area (Å²) < 4.78 is 5.02. The second-order valence-corrected chi connectivity index (χ2v) is 3.45. The molecule has 17 heavy (non-hydrogen) atoms. The molecule has 0 saturated heterocycles. The number of benzene rings is 1. The molecule has 4 heteroatoms. The Morgan fingerprint density at radius 3 is 2.24 bits per heavy atom. The van der Waals surface area contributed by atoms with Gasteiger partial charge in [0.15, 0.2) is 0 Å². The number of hydrogen-bond acceptors (Lipinski definition) is 3. The molecule has 0 heterocycles. The minimum atomic E-state index is 0.0108. The van der Waals surface area contributed by atoms with Crippen LogP contribution in [0.1, 0.15) is 5.56 Å². The molecule has 1 aromatic rings. The van der Waals surface area contributed by atoms with Crippen molar-refractivity contribution in [3.8, 4) is 17.9 Å². The molecule has 0 bridgehead atoms. The fraction of sp³-hybridized carbons (Fsp3) is 0.0769. The number of methoxy groups -OCH3 is 1. The van der Waals surface area contributed by atoms with Crippen LogP contribution < -0.4 is 4.74 Å². The lowest BCUT2D eigenvalue weighted by molar-refractivity contribution is 0.415. The molecule has 0 fully saturated rings. The van der Waals surface area contributed by atoms with Crippen molar-refractivity contribution in [3.63, 3.8) is 0 Å². The second kappa shape index (κ2) is 6.37. The van der Waals surface area contributed by atoms with Gasteiger partial charge in [-0.2, -0.15) is 10.5 Å². The standard InChI is InChI=1S/C13H9ClN2O/c1-17-12-5-3-11(4-6-12)13(14)7-2-10(8-15)9-16/h2-7H,1H3/b13-7+. The van der Waals surface area contributed by atoms with Gasteiger partial charge >= 0.3 is 0 Å². The van der Waals surface area contributed by atoms with Gasteiger partial charge in [-0.3, -0.25) is 0 Å². The zero-order valence-electron chi connectivity index (χ0n) is 9.14. The van der Waals surface area contributed by atoms with Crippen molar-refractivity contribution < 1.29 is 4.74 Å². The monoisotopic (exact) mass is 244 g/mol. The van der Waals surface area contributed by atoms with Crippen molar-refractivity contribution >= 4 is 16.6 Å². The Morgan fingerprint density at radius 1 is 1.18 bits per heavy atom. The van der Waals surface area contributed by atoms with Gasteiger partial charge in [0, 0.05) is 5.03 Å². The minimum Gasteiger partial charge on any atom is -0.497 e. The summed E-state index contributed by atoms with van der Waals surface area (Å²) in [5.74, 6) is 0.739. The summed E-state index contributed by atoms with van der Waals surface area (Å²) in [6, 6.07) is 10.7. The quantitative estimate of drug-likeness (QED) is 0.606. The first kappa shape index (κ1) is 12.8. The van der Waals surface area contributed by atoms with E-state index in [4.69, 9.17) is 26.9 Å². The van der Waals surface area contributed by atoms with Crippen LogP contribution in [0.15, 0.2) is 42.0 Å². The molecule has 0 amide bonds. The van der Waals surface area contributed by atoms with Crippen LogP contribution in [0.5, 0.6) is 5.75 Å². The number of rotatable bonds is 3. The molecule has 0 radical (unpaired) electrons. The molecule has 84 valence electrons. The highest BCUT2D eigenvalue weighted by Crippen LogP contribution is 2.21. The first-order chi connectivity index (χ1) is 8.21. The van der Waals surface area contributed by atoms with Crippen LogP contribution in [0.2, 0.25) is 0 Å². The molecule has 0 unspecified atom stereocenters. The fourth-order valence-electron chi connectivity index (χ4n) is 1.10. The summed E-state index contributed by atoms with van der Waals surface area (Å²) in [7, 11) is 1.58. The van der Waals surface area contributed by atoms with Crippen LogP contribution >= 0.6 is 11.6 Å². The summed E-state index contributed by atoms with van der Waals surface area (Å²) in [6.45, 7) is 0. The molecule has 1 rings (SSSR count). The van der Waals surface area contributed by atoms with Gasteiger partial charge in [0.05, 0.1) is 7.11 Å². The van der Waals surface area contributed by atoms with E-state index in [0.29, 0.717) is 5.03 Å². The highest BCUT2D eigenvalue weighted by atomic mass is 35.5. The van der Waals surface area contributed by atoms with E-state index < -0.39 is 0 Å². The largest absolute Gasteiger partial charge is 0.497 e. The molecule has 0 N–H and O–H groups in total. The molecule has 0 aliphatic carbocycles. The van der Waals surface area contributed by atoms with Crippen molar-refractivity contribution in [1.29, 1.82) is 10.5 Å². The van der Waals surface area contributed by atoms with Crippen LogP contribution in [0.25, 0.3) is 5.03 Å².